The Kier molecular flexibility index (Phi) is 4.10. The molecule has 0 aromatic heterocycles. The molecule has 0 saturated carbocycles. The van der Waals surface area contributed by atoms with Crippen LogP contribution in [0.3, 0.4) is 0 Å². The fourth-order valence-corrected chi connectivity index (χ4v) is 2.23. The summed E-state index contributed by atoms with van der Waals surface area (Å²) in [5.74, 6) is -0.383. The van der Waals surface area contributed by atoms with Gasteiger partial charge in [-0.25, -0.2) is 0 Å². The molecule has 2 N–H and O–H groups in total. The average Bonchev–Trinajstić information content (AvgIpc) is 2.39. The number of benzene rings is 1. The fourth-order valence-electron chi connectivity index (χ4n) is 2.23. The molecule has 96 valence electrons. The topological polar surface area (TPSA) is 58.2 Å². The lowest BCUT2D eigenvalue weighted by Gasteiger charge is -2.27. The van der Waals surface area contributed by atoms with E-state index >= 15 is 0 Å². The van der Waals surface area contributed by atoms with Crippen LogP contribution in [0.1, 0.15) is 37.8 Å². The highest BCUT2D eigenvalue weighted by molar-refractivity contribution is 6.00. The second kappa shape index (κ2) is 5.78. The Morgan fingerprint density at radius 3 is 2.67 bits per heavy atom. The third kappa shape index (κ3) is 2.96. The number of nitrogens with one attached hydrogen (secondary N) is 2. The monoisotopic (exact) mass is 246 g/mol. The summed E-state index contributed by atoms with van der Waals surface area (Å²) in [6, 6.07) is 9.93. The van der Waals surface area contributed by atoms with Gasteiger partial charge in [-0.05, 0) is 18.4 Å². The number of carbonyl (C=O) groups excluding carboxylic acids is 2. The van der Waals surface area contributed by atoms with Gasteiger partial charge in [-0.1, -0.05) is 37.3 Å². The average molecular weight is 246 g/mol. The molecule has 1 fully saturated rings. The predicted octanol–water partition coefficient (Wildman–Crippen LogP) is 1.53. The molecular weight excluding hydrogens is 228 g/mol. The molecule has 1 aromatic carbocycles. The maximum atomic E-state index is 11.7. The predicted molar refractivity (Wildman–Crippen MR) is 68.8 cm³/mol. The zero-order chi connectivity index (χ0) is 13.0. The number of hydrogen-bond acceptors (Lipinski definition) is 3. The SMILES string of the molecule is CCC(NC1CCC(=O)NC1=O)c1ccccc1. The second-order valence-corrected chi connectivity index (χ2v) is 4.54. The molecule has 1 heterocycles. The third-order valence-electron chi connectivity index (χ3n) is 3.25. The van der Waals surface area contributed by atoms with Gasteiger partial charge in [0.15, 0.2) is 0 Å². The number of piperidine rings is 1. The second-order valence-electron chi connectivity index (χ2n) is 4.54. The van der Waals surface area contributed by atoms with Crippen molar-refractivity contribution in [2.45, 2.75) is 38.3 Å². The Morgan fingerprint density at radius 1 is 1.33 bits per heavy atom. The van der Waals surface area contributed by atoms with E-state index in [2.05, 4.69) is 17.6 Å². The lowest BCUT2D eigenvalue weighted by atomic mass is 10.00. The van der Waals surface area contributed by atoms with E-state index in [1.807, 2.05) is 30.3 Å². The van der Waals surface area contributed by atoms with Gasteiger partial charge >= 0.3 is 0 Å². The Bertz CT molecular complexity index is 431. The van der Waals surface area contributed by atoms with Crippen LogP contribution in [0.2, 0.25) is 0 Å². The minimum atomic E-state index is -0.271. The van der Waals surface area contributed by atoms with E-state index in [1.54, 1.807) is 0 Å². The molecule has 4 heteroatoms. The molecule has 2 atom stereocenters. The molecule has 0 radical (unpaired) electrons. The first-order valence-corrected chi connectivity index (χ1v) is 6.35. The van der Waals surface area contributed by atoms with E-state index in [1.165, 1.54) is 5.56 Å². The normalized spacial score (nSPS) is 21.5. The van der Waals surface area contributed by atoms with Gasteiger partial charge in [0.05, 0.1) is 6.04 Å². The standard InChI is InChI=1S/C14H18N2O2/c1-2-11(10-6-4-3-5-7-10)15-12-8-9-13(17)16-14(12)18/h3-7,11-12,15H,2,8-9H2,1H3,(H,16,17,18). The summed E-state index contributed by atoms with van der Waals surface area (Å²) < 4.78 is 0. The summed E-state index contributed by atoms with van der Waals surface area (Å²) in [5.41, 5.74) is 1.17. The quantitative estimate of drug-likeness (QED) is 0.792. The van der Waals surface area contributed by atoms with Crippen molar-refractivity contribution in [3.8, 4) is 0 Å². The molecule has 2 amide bonds. The van der Waals surface area contributed by atoms with Crippen molar-refractivity contribution < 1.29 is 9.59 Å². The van der Waals surface area contributed by atoms with Crippen LogP contribution in [-0.2, 0) is 9.59 Å². The van der Waals surface area contributed by atoms with Crippen molar-refractivity contribution in [3.63, 3.8) is 0 Å². The molecule has 18 heavy (non-hydrogen) atoms. The fraction of sp³-hybridized carbons (Fsp3) is 0.429. The molecule has 0 aliphatic carbocycles. The highest BCUT2D eigenvalue weighted by Gasteiger charge is 2.28. The van der Waals surface area contributed by atoms with Gasteiger partial charge in [-0.15, -0.1) is 0 Å². The molecule has 2 unspecified atom stereocenters. The third-order valence-corrected chi connectivity index (χ3v) is 3.25. The number of carbonyl (C=O) groups is 2. The van der Waals surface area contributed by atoms with Gasteiger partial charge in [0, 0.05) is 12.5 Å². The maximum absolute atomic E-state index is 11.7. The zero-order valence-corrected chi connectivity index (χ0v) is 10.5. The van der Waals surface area contributed by atoms with Gasteiger partial charge < -0.3 is 0 Å². The molecule has 0 bridgehead atoms. The Labute approximate surface area is 107 Å². The van der Waals surface area contributed by atoms with Gasteiger partial charge in [0.25, 0.3) is 0 Å². The van der Waals surface area contributed by atoms with E-state index in [0.29, 0.717) is 12.8 Å². The highest BCUT2D eigenvalue weighted by Crippen LogP contribution is 2.18. The van der Waals surface area contributed by atoms with Crippen LogP contribution < -0.4 is 10.6 Å². The zero-order valence-electron chi connectivity index (χ0n) is 10.5. The van der Waals surface area contributed by atoms with Crippen LogP contribution in [0, 0.1) is 0 Å². The Balaban J connectivity index is 2.03. The van der Waals surface area contributed by atoms with E-state index in [9.17, 15) is 9.59 Å². The van der Waals surface area contributed by atoms with Gasteiger partial charge in [0.2, 0.25) is 11.8 Å². The maximum Gasteiger partial charge on any atom is 0.243 e. The van der Waals surface area contributed by atoms with Crippen molar-refractivity contribution >= 4 is 11.8 Å². The summed E-state index contributed by atoms with van der Waals surface area (Å²) in [4.78, 5) is 22.8. The first-order chi connectivity index (χ1) is 8.70. The minimum absolute atomic E-state index is 0.148. The summed E-state index contributed by atoms with van der Waals surface area (Å²) in [6.45, 7) is 2.08. The van der Waals surface area contributed by atoms with E-state index in [-0.39, 0.29) is 23.9 Å². The molecule has 1 aliphatic heterocycles. The summed E-state index contributed by atoms with van der Waals surface area (Å²) in [7, 11) is 0. The first kappa shape index (κ1) is 12.8. The number of imide groups is 1. The number of amides is 2. The van der Waals surface area contributed by atoms with Crippen molar-refractivity contribution in [1.82, 2.24) is 10.6 Å². The Hall–Kier alpha value is -1.68. The minimum Gasteiger partial charge on any atom is -0.299 e. The van der Waals surface area contributed by atoms with Gasteiger partial charge in [-0.2, -0.15) is 0 Å². The van der Waals surface area contributed by atoms with Crippen LogP contribution >= 0.6 is 0 Å². The van der Waals surface area contributed by atoms with Crippen molar-refractivity contribution in [2.24, 2.45) is 0 Å². The molecule has 1 saturated heterocycles. The largest absolute Gasteiger partial charge is 0.299 e. The smallest absolute Gasteiger partial charge is 0.243 e. The number of rotatable bonds is 4. The molecular formula is C14H18N2O2. The van der Waals surface area contributed by atoms with Crippen molar-refractivity contribution in [2.75, 3.05) is 0 Å². The summed E-state index contributed by atoms with van der Waals surface area (Å²) in [5, 5.41) is 5.70. The lowest BCUT2D eigenvalue weighted by molar-refractivity contribution is -0.134. The summed E-state index contributed by atoms with van der Waals surface area (Å²) in [6.07, 6.45) is 1.89. The van der Waals surface area contributed by atoms with E-state index in [0.717, 1.165) is 6.42 Å². The molecule has 2 rings (SSSR count). The molecule has 1 aromatic rings. The lowest BCUT2D eigenvalue weighted by Crippen LogP contribution is -2.51. The van der Waals surface area contributed by atoms with Gasteiger partial charge in [-0.3, -0.25) is 20.2 Å². The van der Waals surface area contributed by atoms with E-state index < -0.39 is 0 Å². The van der Waals surface area contributed by atoms with Crippen LogP contribution in [-0.4, -0.2) is 17.9 Å². The molecule has 0 spiro atoms. The molecule has 4 nitrogen and oxygen atoms in total. The van der Waals surface area contributed by atoms with Crippen LogP contribution in [0.4, 0.5) is 0 Å². The van der Waals surface area contributed by atoms with Crippen LogP contribution in [0.25, 0.3) is 0 Å². The van der Waals surface area contributed by atoms with E-state index in [4.69, 9.17) is 0 Å². The van der Waals surface area contributed by atoms with Gasteiger partial charge in [0.1, 0.15) is 0 Å². The first-order valence-electron chi connectivity index (χ1n) is 6.35. The Morgan fingerprint density at radius 2 is 2.06 bits per heavy atom. The molecule has 1 aliphatic rings. The number of hydrogen-bond donors (Lipinski definition) is 2. The summed E-state index contributed by atoms with van der Waals surface area (Å²) >= 11 is 0. The van der Waals surface area contributed by atoms with Crippen LogP contribution in [0.5, 0.6) is 0 Å². The van der Waals surface area contributed by atoms with Crippen LogP contribution in [0.15, 0.2) is 30.3 Å². The van der Waals surface area contributed by atoms with Crippen molar-refractivity contribution in [1.29, 1.82) is 0 Å². The highest BCUT2D eigenvalue weighted by atomic mass is 16.2. The van der Waals surface area contributed by atoms with Crippen molar-refractivity contribution in [3.05, 3.63) is 35.9 Å².